The molecule has 21 heavy (non-hydrogen) atoms. The summed E-state index contributed by atoms with van der Waals surface area (Å²) >= 11 is 0. The molecule has 1 aromatic heterocycles. The first kappa shape index (κ1) is 15.0. The molecule has 8 heteroatoms. The summed E-state index contributed by atoms with van der Waals surface area (Å²) in [5, 5.41) is 12.5. The summed E-state index contributed by atoms with van der Waals surface area (Å²) in [4.78, 5) is -0.0618. The number of nitrogens with one attached hydrogen (secondary N) is 1. The van der Waals surface area contributed by atoms with E-state index >= 15 is 0 Å². The van der Waals surface area contributed by atoms with E-state index in [0.717, 1.165) is 0 Å². The van der Waals surface area contributed by atoms with E-state index in [1.165, 1.54) is 18.2 Å². The van der Waals surface area contributed by atoms with Crippen LogP contribution in [0.3, 0.4) is 0 Å². The topological polar surface area (TPSA) is 122 Å². The summed E-state index contributed by atoms with van der Waals surface area (Å²) in [5.41, 5.74) is 7.34. The number of benzene rings is 1. The van der Waals surface area contributed by atoms with Gasteiger partial charge in [-0.05, 0) is 32.0 Å². The van der Waals surface area contributed by atoms with Crippen LogP contribution in [0, 0.1) is 25.2 Å². The Morgan fingerprint density at radius 3 is 2.67 bits per heavy atom. The van der Waals surface area contributed by atoms with Gasteiger partial charge < -0.3 is 10.3 Å². The molecular weight excluding hydrogens is 292 g/mol. The normalized spacial score (nSPS) is 11.3. The third-order valence-corrected chi connectivity index (χ3v) is 4.52. The number of rotatable bonds is 4. The largest absolute Gasteiger partial charge is 0.398 e. The Balaban J connectivity index is 2.25. The molecule has 0 aliphatic rings. The minimum Gasteiger partial charge on any atom is -0.398 e. The molecule has 0 spiro atoms. The van der Waals surface area contributed by atoms with Crippen LogP contribution in [0.4, 0.5) is 5.69 Å². The number of aryl methyl sites for hydroxylation is 2. The molecule has 0 unspecified atom stereocenters. The second kappa shape index (κ2) is 5.55. The van der Waals surface area contributed by atoms with Crippen LogP contribution >= 0.6 is 0 Å². The average Bonchev–Trinajstić information content (AvgIpc) is 2.75. The first-order valence-electron chi connectivity index (χ1n) is 6.06. The fourth-order valence-corrected chi connectivity index (χ4v) is 2.97. The first-order chi connectivity index (χ1) is 9.85. The Kier molecular flexibility index (Phi) is 3.97. The Hall–Kier alpha value is -2.37. The van der Waals surface area contributed by atoms with Gasteiger partial charge >= 0.3 is 0 Å². The van der Waals surface area contributed by atoms with Crippen molar-refractivity contribution < 1.29 is 12.9 Å². The van der Waals surface area contributed by atoms with Gasteiger partial charge in [0.05, 0.1) is 23.0 Å². The maximum atomic E-state index is 12.2. The molecule has 0 bridgehead atoms. The van der Waals surface area contributed by atoms with Gasteiger partial charge in [-0.15, -0.1) is 0 Å². The number of aromatic nitrogens is 1. The van der Waals surface area contributed by atoms with Gasteiger partial charge in [0.15, 0.2) is 0 Å². The number of anilines is 1. The van der Waals surface area contributed by atoms with Gasteiger partial charge in [-0.3, -0.25) is 0 Å². The molecule has 2 aromatic rings. The van der Waals surface area contributed by atoms with Gasteiger partial charge in [0.1, 0.15) is 10.7 Å². The second-order valence-electron chi connectivity index (χ2n) is 4.49. The van der Waals surface area contributed by atoms with E-state index in [-0.39, 0.29) is 17.1 Å². The highest BCUT2D eigenvalue weighted by Crippen LogP contribution is 2.20. The average molecular weight is 306 g/mol. The van der Waals surface area contributed by atoms with E-state index in [1.807, 2.05) is 6.07 Å². The van der Waals surface area contributed by atoms with Gasteiger partial charge in [-0.2, -0.15) is 5.26 Å². The number of nitrogens with zero attached hydrogens (tertiary/aromatic N) is 2. The van der Waals surface area contributed by atoms with Crippen molar-refractivity contribution in [1.82, 2.24) is 9.88 Å². The van der Waals surface area contributed by atoms with Crippen LogP contribution in [0.2, 0.25) is 0 Å². The molecule has 110 valence electrons. The van der Waals surface area contributed by atoms with Crippen molar-refractivity contribution >= 4 is 15.7 Å². The lowest BCUT2D eigenvalue weighted by Crippen LogP contribution is -2.24. The molecule has 1 aromatic carbocycles. The quantitative estimate of drug-likeness (QED) is 0.819. The van der Waals surface area contributed by atoms with Crippen LogP contribution in [-0.2, 0) is 16.6 Å². The number of nitriles is 1. The summed E-state index contributed by atoms with van der Waals surface area (Å²) in [5.74, 6) is 0.558. The predicted molar refractivity (Wildman–Crippen MR) is 75.6 cm³/mol. The van der Waals surface area contributed by atoms with Crippen LogP contribution in [-0.4, -0.2) is 13.6 Å². The van der Waals surface area contributed by atoms with Gasteiger partial charge in [0, 0.05) is 12.1 Å². The lowest BCUT2D eigenvalue weighted by atomic mass is 10.2. The van der Waals surface area contributed by atoms with Gasteiger partial charge in [-0.1, -0.05) is 5.16 Å². The van der Waals surface area contributed by atoms with Gasteiger partial charge in [-0.25, -0.2) is 13.1 Å². The zero-order valence-electron chi connectivity index (χ0n) is 11.5. The highest BCUT2D eigenvalue weighted by molar-refractivity contribution is 7.89. The molecule has 0 amide bonds. The van der Waals surface area contributed by atoms with Crippen molar-refractivity contribution in [3.05, 3.63) is 40.8 Å². The van der Waals surface area contributed by atoms with Crippen LogP contribution in [0.15, 0.2) is 27.6 Å². The zero-order chi connectivity index (χ0) is 15.6. The molecule has 2 rings (SSSR count). The van der Waals surface area contributed by atoms with Crippen molar-refractivity contribution in [1.29, 1.82) is 5.26 Å². The summed E-state index contributed by atoms with van der Waals surface area (Å²) in [6.45, 7) is 3.50. The van der Waals surface area contributed by atoms with Crippen molar-refractivity contribution in [3.8, 4) is 6.07 Å². The summed E-state index contributed by atoms with van der Waals surface area (Å²) in [6.07, 6.45) is 0. The molecule has 0 atom stereocenters. The fraction of sp³-hybridized carbons (Fsp3) is 0.231. The Morgan fingerprint density at radius 1 is 1.43 bits per heavy atom. The molecule has 3 N–H and O–H groups in total. The Labute approximate surface area is 122 Å². The number of nitrogen functional groups attached to an aromatic ring is 1. The highest BCUT2D eigenvalue weighted by atomic mass is 32.2. The molecule has 0 fully saturated rings. The zero-order valence-corrected chi connectivity index (χ0v) is 12.4. The predicted octanol–water partition coefficient (Wildman–Crippen LogP) is 1.22. The standard InChI is InChI=1S/C13H14N4O3S/c1-8-11(9(2)20-17-8)7-16-21(18,19)13-4-3-10(6-14)5-12(13)15/h3-5,16H,7,15H2,1-2H3. The smallest absolute Gasteiger partial charge is 0.242 e. The van der Waals surface area contributed by atoms with Crippen LogP contribution in [0.1, 0.15) is 22.6 Å². The minimum absolute atomic E-state index is 0.0281. The number of nitrogens with two attached hydrogens (primary N) is 1. The maximum absolute atomic E-state index is 12.2. The fourth-order valence-electron chi connectivity index (χ4n) is 1.86. The van der Waals surface area contributed by atoms with Crippen LogP contribution in [0.25, 0.3) is 0 Å². The SMILES string of the molecule is Cc1noc(C)c1CNS(=O)(=O)c1ccc(C#N)cc1N. The summed E-state index contributed by atoms with van der Waals surface area (Å²) < 4.78 is 31.9. The molecule has 1 heterocycles. The summed E-state index contributed by atoms with van der Waals surface area (Å²) in [7, 11) is -3.78. The molecular formula is C13H14N4O3S. The molecule has 0 saturated heterocycles. The Bertz CT molecular complexity index is 799. The Morgan fingerprint density at radius 2 is 2.14 bits per heavy atom. The lowest BCUT2D eigenvalue weighted by molar-refractivity contribution is 0.392. The third kappa shape index (κ3) is 3.04. The van der Waals surface area contributed by atoms with E-state index in [0.29, 0.717) is 22.6 Å². The lowest BCUT2D eigenvalue weighted by Gasteiger charge is -2.09. The van der Waals surface area contributed by atoms with Crippen molar-refractivity contribution in [2.24, 2.45) is 0 Å². The van der Waals surface area contributed by atoms with Crippen molar-refractivity contribution in [2.45, 2.75) is 25.3 Å². The molecule has 0 radical (unpaired) electrons. The first-order valence-corrected chi connectivity index (χ1v) is 7.54. The van der Waals surface area contributed by atoms with E-state index in [9.17, 15) is 8.42 Å². The molecule has 0 aliphatic carbocycles. The number of sulfonamides is 1. The van der Waals surface area contributed by atoms with E-state index in [2.05, 4.69) is 9.88 Å². The van der Waals surface area contributed by atoms with Gasteiger partial charge in [0.2, 0.25) is 10.0 Å². The van der Waals surface area contributed by atoms with E-state index < -0.39 is 10.0 Å². The van der Waals surface area contributed by atoms with E-state index in [4.69, 9.17) is 15.5 Å². The number of hydrogen-bond donors (Lipinski definition) is 2. The minimum atomic E-state index is -3.78. The molecule has 0 aliphatic heterocycles. The van der Waals surface area contributed by atoms with E-state index in [1.54, 1.807) is 13.8 Å². The maximum Gasteiger partial charge on any atom is 0.242 e. The van der Waals surface area contributed by atoms with Gasteiger partial charge in [0.25, 0.3) is 0 Å². The summed E-state index contributed by atoms with van der Waals surface area (Å²) in [6, 6.07) is 5.94. The van der Waals surface area contributed by atoms with Crippen LogP contribution in [0.5, 0.6) is 0 Å². The monoisotopic (exact) mass is 306 g/mol. The second-order valence-corrected chi connectivity index (χ2v) is 6.23. The molecule has 0 saturated carbocycles. The van der Waals surface area contributed by atoms with Crippen molar-refractivity contribution in [3.63, 3.8) is 0 Å². The molecule has 7 nitrogen and oxygen atoms in total. The highest BCUT2D eigenvalue weighted by Gasteiger charge is 2.19. The number of hydrogen-bond acceptors (Lipinski definition) is 6. The third-order valence-electron chi connectivity index (χ3n) is 3.05. The van der Waals surface area contributed by atoms with Crippen LogP contribution < -0.4 is 10.5 Å². The van der Waals surface area contributed by atoms with Crippen molar-refractivity contribution in [2.75, 3.05) is 5.73 Å².